The number of rotatable bonds is 7. The highest BCUT2D eigenvalue weighted by atomic mass is 32.2. The summed E-state index contributed by atoms with van der Waals surface area (Å²) in [6.07, 6.45) is 0.981. The number of fused-ring (bicyclic) bond motifs is 2. The summed E-state index contributed by atoms with van der Waals surface area (Å²) in [5, 5.41) is 2.71. The third kappa shape index (κ3) is 4.49. The zero-order valence-electron chi connectivity index (χ0n) is 17.0. The Morgan fingerprint density at radius 2 is 1.90 bits per heavy atom. The summed E-state index contributed by atoms with van der Waals surface area (Å²) in [5.41, 5.74) is 2.13. The van der Waals surface area contributed by atoms with E-state index in [1.807, 2.05) is 0 Å². The molecule has 0 spiro atoms. The van der Waals surface area contributed by atoms with Crippen molar-refractivity contribution >= 4 is 33.2 Å². The van der Waals surface area contributed by atoms with Crippen molar-refractivity contribution in [3.05, 3.63) is 42.0 Å². The fraction of sp³-hybridized carbons (Fsp3) is 0.333. The summed E-state index contributed by atoms with van der Waals surface area (Å²) in [7, 11) is -3.77. The third-order valence-corrected chi connectivity index (χ3v) is 6.62. The normalized spacial score (nSPS) is 14.4. The van der Waals surface area contributed by atoms with Gasteiger partial charge in [-0.15, -0.1) is 0 Å². The Bertz CT molecular complexity index is 1130. The van der Waals surface area contributed by atoms with Crippen molar-refractivity contribution in [3.63, 3.8) is 0 Å². The molecule has 2 N–H and O–H groups in total. The molecule has 0 aliphatic carbocycles. The van der Waals surface area contributed by atoms with Gasteiger partial charge in [0.25, 0.3) is 0 Å². The van der Waals surface area contributed by atoms with Gasteiger partial charge in [0, 0.05) is 43.4 Å². The Morgan fingerprint density at radius 3 is 2.71 bits per heavy atom. The van der Waals surface area contributed by atoms with Crippen LogP contribution in [0.1, 0.15) is 25.3 Å². The number of nitrogens with one attached hydrogen (secondary N) is 2. The van der Waals surface area contributed by atoms with Crippen molar-refractivity contribution < 1.29 is 27.5 Å². The molecule has 4 rings (SSSR count). The number of sulfonamides is 1. The molecule has 31 heavy (non-hydrogen) atoms. The smallest absolute Gasteiger partial charge is 0.240 e. The van der Waals surface area contributed by atoms with Gasteiger partial charge in [-0.05, 0) is 42.3 Å². The standard InChI is InChI=1S/C21H23N3O6S/c1-2-21(26)24-10-8-14-11-16(4-5-17(14)24)31(27,28)22-9-7-20(25)23-15-3-6-18-19(12-15)30-13-29-18/h3-6,11-12,22H,2,7-10,13H2,1H3,(H,23,25). The molecule has 0 saturated heterocycles. The van der Waals surface area contributed by atoms with Gasteiger partial charge in [0.2, 0.25) is 28.6 Å². The molecule has 2 heterocycles. The quantitative estimate of drug-likeness (QED) is 0.674. The number of anilines is 2. The van der Waals surface area contributed by atoms with E-state index in [1.165, 1.54) is 6.07 Å². The van der Waals surface area contributed by atoms with Crippen LogP contribution in [0.2, 0.25) is 0 Å². The summed E-state index contributed by atoms with van der Waals surface area (Å²) < 4.78 is 38.2. The van der Waals surface area contributed by atoms with Crippen LogP contribution in [0.4, 0.5) is 11.4 Å². The summed E-state index contributed by atoms with van der Waals surface area (Å²) >= 11 is 0. The first-order chi connectivity index (χ1) is 14.9. The van der Waals surface area contributed by atoms with E-state index >= 15 is 0 Å². The van der Waals surface area contributed by atoms with Gasteiger partial charge >= 0.3 is 0 Å². The first kappa shape index (κ1) is 21.1. The Hall–Kier alpha value is -3.11. The topological polar surface area (TPSA) is 114 Å². The van der Waals surface area contributed by atoms with Crippen molar-refractivity contribution in [3.8, 4) is 11.5 Å². The van der Waals surface area contributed by atoms with Crippen LogP contribution in [-0.4, -0.2) is 40.1 Å². The molecule has 0 atom stereocenters. The Morgan fingerprint density at radius 1 is 1.10 bits per heavy atom. The van der Waals surface area contributed by atoms with Crippen molar-refractivity contribution in [2.75, 3.05) is 30.1 Å². The van der Waals surface area contributed by atoms with Gasteiger partial charge in [0.15, 0.2) is 11.5 Å². The van der Waals surface area contributed by atoms with Gasteiger partial charge in [0.05, 0.1) is 4.90 Å². The van der Waals surface area contributed by atoms with Crippen LogP contribution in [0.25, 0.3) is 0 Å². The van der Waals surface area contributed by atoms with E-state index in [1.54, 1.807) is 42.2 Å². The summed E-state index contributed by atoms with van der Waals surface area (Å²) in [5.74, 6) is 0.849. The van der Waals surface area contributed by atoms with Gasteiger partial charge in [0.1, 0.15) is 0 Å². The predicted molar refractivity (Wildman–Crippen MR) is 114 cm³/mol. The minimum absolute atomic E-state index is 0.0148. The van der Waals surface area contributed by atoms with Gasteiger partial charge in [-0.25, -0.2) is 13.1 Å². The van der Waals surface area contributed by atoms with Crippen molar-refractivity contribution in [1.29, 1.82) is 0 Å². The van der Waals surface area contributed by atoms with Crippen LogP contribution >= 0.6 is 0 Å². The Kier molecular flexibility index (Phi) is 5.84. The lowest BCUT2D eigenvalue weighted by Gasteiger charge is -2.16. The molecule has 164 valence electrons. The van der Waals surface area contributed by atoms with E-state index in [4.69, 9.17) is 9.47 Å². The largest absolute Gasteiger partial charge is 0.454 e. The van der Waals surface area contributed by atoms with E-state index in [-0.39, 0.29) is 36.5 Å². The molecule has 0 saturated carbocycles. The molecule has 2 aromatic rings. The minimum atomic E-state index is -3.77. The first-order valence-corrected chi connectivity index (χ1v) is 11.5. The molecule has 0 fully saturated rings. The summed E-state index contributed by atoms with van der Waals surface area (Å²) in [4.78, 5) is 26.0. The highest BCUT2D eigenvalue weighted by Gasteiger charge is 2.25. The fourth-order valence-electron chi connectivity index (χ4n) is 3.58. The number of nitrogens with zero attached hydrogens (tertiary/aromatic N) is 1. The second kappa shape index (κ2) is 8.56. The van der Waals surface area contributed by atoms with Crippen LogP contribution in [-0.2, 0) is 26.0 Å². The first-order valence-electron chi connectivity index (χ1n) is 10.00. The molecule has 0 aromatic heterocycles. The maximum atomic E-state index is 12.6. The summed E-state index contributed by atoms with van der Waals surface area (Å²) in [6, 6.07) is 9.77. The number of carbonyl (C=O) groups is 2. The predicted octanol–water partition coefficient (Wildman–Crippen LogP) is 2.02. The van der Waals surface area contributed by atoms with Crippen LogP contribution in [0.5, 0.6) is 11.5 Å². The van der Waals surface area contributed by atoms with Crippen molar-refractivity contribution in [2.45, 2.75) is 31.1 Å². The minimum Gasteiger partial charge on any atom is -0.454 e. The van der Waals surface area contributed by atoms with Gasteiger partial charge < -0.3 is 19.7 Å². The Labute approximate surface area is 180 Å². The third-order valence-electron chi connectivity index (χ3n) is 5.16. The lowest BCUT2D eigenvalue weighted by Crippen LogP contribution is -2.28. The molecule has 2 aromatic carbocycles. The lowest BCUT2D eigenvalue weighted by molar-refractivity contribution is -0.118. The highest BCUT2D eigenvalue weighted by Crippen LogP contribution is 2.34. The second-order valence-electron chi connectivity index (χ2n) is 7.20. The number of hydrogen-bond donors (Lipinski definition) is 2. The number of benzene rings is 2. The maximum absolute atomic E-state index is 12.6. The molecule has 2 aliphatic rings. The number of carbonyl (C=O) groups excluding carboxylic acids is 2. The van der Waals surface area contributed by atoms with E-state index in [9.17, 15) is 18.0 Å². The average molecular weight is 445 g/mol. The van der Waals surface area contributed by atoms with E-state index in [2.05, 4.69) is 10.0 Å². The highest BCUT2D eigenvalue weighted by molar-refractivity contribution is 7.89. The van der Waals surface area contributed by atoms with E-state index in [0.29, 0.717) is 36.6 Å². The molecule has 2 amide bonds. The zero-order valence-corrected chi connectivity index (χ0v) is 17.8. The van der Waals surface area contributed by atoms with E-state index < -0.39 is 10.0 Å². The molecule has 10 heteroatoms. The van der Waals surface area contributed by atoms with Crippen molar-refractivity contribution in [1.82, 2.24) is 4.72 Å². The molecule has 9 nitrogen and oxygen atoms in total. The Balaban J connectivity index is 1.33. The lowest BCUT2D eigenvalue weighted by atomic mass is 10.2. The van der Waals surface area contributed by atoms with Gasteiger partial charge in [-0.2, -0.15) is 0 Å². The van der Waals surface area contributed by atoms with Crippen LogP contribution in [0.3, 0.4) is 0 Å². The molecular weight excluding hydrogens is 422 g/mol. The van der Waals surface area contributed by atoms with Crippen molar-refractivity contribution in [2.24, 2.45) is 0 Å². The van der Waals surface area contributed by atoms with Gasteiger partial charge in [-0.3, -0.25) is 9.59 Å². The van der Waals surface area contributed by atoms with Crippen LogP contribution in [0, 0.1) is 0 Å². The molecule has 2 aliphatic heterocycles. The zero-order chi connectivity index (χ0) is 22.0. The molecule has 0 radical (unpaired) electrons. The SMILES string of the molecule is CCC(=O)N1CCc2cc(S(=O)(=O)NCCC(=O)Nc3ccc4c(c3)OCO4)ccc21. The number of hydrogen-bond acceptors (Lipinski definition) is 6. The maximum Gasteiger partial charge on any atom is 0.240 e. The molecular formula is C21H23N3O6S. The van der Waals surface area contributed by atoms with Crippen LogP contribution < -0.4 is 24.4 Å². The van der Waals surface area contributed by atoms with E-state index in [0.717, 1.165) is 11.3 Å². The molecule has 0 bridgehead atoms. The monoisotopic (exact) mass is 445 g/mol. The van der Waals surface area contributed by atoms with Crippen LogP contribution in [0.15, 0.2) is 41.3 Å². The fourth-order valence-corrected chi connectivity index (χ4v) is 4.66. The second-order valence-corrected chi connectivity index (χ2v) is 8.97. The number of ether oxygens (including phenoxy) is 2. The molecule has 0 unspecified atom stereocenters. The number of amides is 2. The van der Waals surface area contributed by atoms with Gasteiger partial charge in [-0.1, -0.05) is 6.92 Å². The average Bonchev–Trinajstić information content (AvgIpc) is 3.39. The summed E-state index contributed by atoms with van der Waals surface area (Å²) in [6.45, 7) is 2.45.